The maximum Gasteiger partial charge on any atom is 0.304 e. The Labute approximate surface area is 108 Å². The van der Waals surface area contributed by atoms with Gasteiger partial charge in [0, 0.05) is 19.0 Å². The second-order valence-corrected chi connectivity index (χ2v) is 4.97. The fourth-order valence-electron chi connectivity index (χ4n) is 2.60. The summed E-state index contributed by atoms with van der Waals surface area (Å²) in [5.74, 6) is -1.56. The highest BCUT2D eigenvalue weighted by Crippen LogP contribution is 2.23. The molecule has 2 N–H and O–H groups in total. The number of carbonyl (C=O) groups is 2. The molecule has 0 aromatic rings. The Morgan fingerprint density at radius 1 is 0.944 bits per heavy atom. The van der Waals surface area contributed by atoms with Gasteiger partial charge >= 0.3 is 11.9 Å². The first-order valence-corrected chi connectivity index (χ1v) is 6.77. The molecule has 0 saturated heterocycles. The number of rotatable bonds is 8. The highest BCUT2D eigenvalue weighted by molar-refractivity contribution is 5.67. The minimum Gasteiger partial charge on any atom is -0.481 e. The summed E-state index contributed by atoms with van der Waals surface area (Å²) in [6.07, 6.45) is 6.81. The van der Waals surface area contributed by atoms with Crippen LogP contribution in [0, 0.1) is 0 Å². The summed E-state index contributed by atoms with van der Waals surface area (Å²) in [6.45, 7) is 1.24. The zero-order chi connectivity index (χ0) is 13.4. The van der Waals surface area contributed by atoms with Gasteiger partial charge in [0.1, 0.15) is 0 Å². The van der Waals surface area contributed by atoms with Gasteiger partial charge in [-0.15, -0.1) is 0 Å². The van der Waals surface area contributed by atoms with Crippen LogP contribution in [0.4, 0.5) is 0 Å². The van der Waals surface area contributed by atoms with E-state index < -0.39 is 11.9 Å². The van der Waals surface area contributed by atoms with Crippen molar-refractivity contribution >= 4 is 11.9 Å². The lowest BCUT2D eigenvalue weighted by atomic mass is 9.94. The Bertz CT molecular complexity index is 274. The van der Waals surface area contributed by atoms with E-state index in [1.54, 1.807) is 0 Å². The molecule has 0 amide bonds. The predicted octanol–water partition coefficient (Wildman–Crippen LogP) is 1.96. The maximum atomic E-state index is 10.6. The minimum atomic E-state index is -0.783. The van der Waals surface area contributed by atoms with Gasteiger partial charge in [-0.1, -0.05) is 19.3 Å². The Hall–Kier alpha value is -1.10. The third-order valence-corrected chi connectivity index (χ3v) is 3.54. The zero-order valence-corrected chi connectivity index (χ0v) is 10.8. The van der Waals surface area contributed by atoms with E-state index in [1.165, 1.54) is 19.3 Å². The Kier molecular flexibility index (Phi) is 6.72. The van der Waals surface area contributed by atoms with E-state index in [0.717, 1.165) is 12.8 Å². The van der Waals surface area contributed by atoms with Gasteiger partial charge in [-0.2, -0.15) is 0 Å². The van der Waals surface area contributed by atoms with Crippen LogP contribution in [0.25, 0.3) is 0 Å². The Morgan fingerprint density at radius 2 is 1.56 bits per heavy atom. The fraction of sp³-hybridized carbons (Fsp3) is 0.846. The molecule has 0 aliphatic heterocycles. The number of carboxylic acids is 2. The standard InChI is InChI=1S/C13H23NO4/c15-12(16)7-4-9-14(10-8-13(17)18)11-5-2-1-3-6-11/h11H,1-10H2,(H,15,16)(H,17,18). The molecule has 0 bridgehead atoms. The van der Waals surface area contributed by atoms with E-state index in [-0.39, 0.29) is 12.8 Å². The van der Waals surface area contributed by atoms with Gasteiger partial charge in [0.05, 0.1) is 6.42 Å². The number of carboxylic acid groups (broad SMARTS) is 2. The van der Waals surface area contributed by atoms with Crippen LogP contribution in [0.3, 0.4) is 0 Å². The minimum absolute atomic E-state index is 0.142. The number of nitrogens with zero attached hydrogens (tertiary/aromatic N) is 1. The lowest BCUT2D eigenvalue weighted by Crippen LogP contribution is -2.39. The number of aliphatic carboxylic acids is 2. The summed E-state index contributed by atoms with van der Waals surface area (Å²) in [5, 5.41) is 17.4. The van der Waals surface area contributed by atoms with Crippen LogP contribution < -0.4 is 0 Å². The van der Waals surface area contributed by atoms with E-state index in [0.29, 0.717) is 25.6 Å². The van der Waals surface area contributed by atoms with Crippen LogP contribution in [0.2, 0.25) is 0 Å². The summed E-state index contributed by atoms with van der Waals surface area (Å²) < 4.78 is 0. The van der Waals surface area contributed by atoms with Gasteiger partial charge in [0.15, 0.2) is 0 Å². The first-order chi connectivity index (χ1) is 8.59. The molecule has 0 spiro atoms. The molecule has 5 nitrogen and oxygen atoms in total. The van der Waals surface area contributed by atoms with E-state index >= 15 is 0 Å². The van der Waals surface area contributed by atoms with Crippen LogP contribution in [0.15, 0.2) is 0 Å². The van der Waals surface area contributed by atoms with Gasteiger partial charge in [0.25, 0.3) is 0 Å². The lowest BCUT2D eigenvalue weighted by Gasteiger charge is -2.34. The zero-order valence-electron chi connectivity index (χ0n) is 10.8. The van der Waals surface area contributed by atoms with E-state index in [1.807, 2.05) is 0 Å². The van der Waals surface area contributed by atoms with Gasteiger partial charge in [-0.25, -0.2) is 0 Å². The van der Waals surface area contributed by atoms with Crippen LogP contribution in [0.1, 0.15) is 51.4 Å². The largest absolute Gasteiger partial charge is 0.481 e. The average Bonchev–Trinajstić information content (AvgIpc) is 2.34. The van der Waals surface area contributed by atoms with Crippen molar-refractivity contribution in [1.29, 1.82) is 0 Å². The molecule has 0 aromatic carbocycles. The molecule has 0 atom stereocenters. The first-order valence-electron chi connectivity index (χ1n) is 6.77. The third kappa shape index (κ3) is 6.00. The van der Waals surface area contributed by atoms with Crippen molar-refractivity contribution < 1.29 is 19.8 Å². The molecule has 1 aliphatic rings. The normalized spacial score (nSPS) is 16.9. The second kappa shape index (κ2) is 8.08. The first kappa shape index (κ1) is 15.0. The van der Waals surface area contributed by atoms with Crippen molar-refractivity contribution in [1.82, 2.24) is 4.90 Å². The molecule has 1 fully saturated rings. The SMILES string of the molecule is O=C(O)CCCN(CCC(=O)O)C1CCCCC1. The van der Waals surface area contributed by atoms with Crippen molar-refractivity contribution in [2.75, 3.05) is 13.1 Å². The Balaban J connectivity index is 2.39. The molecule has 1 saturated carbocycles. The summed E-state index contributed by atoms with van der Waals surface area (Å²) in [7, 11) is 0. The van der Waals surface area contributed by atoms with E-state index in [4.69, 9.17) is 10.2 Å². The predicted molar refractivity (Wildman–Crippen MR) is 67.6 cm³/mol. The Morgan fingerprint density at radius 3 is 2.11 bits per heavy atom. The van der Waals surface area contributed by atoms with Gasteiger partial charge in [-0.3, -0.25) is 14.5 Å². The number of hydrogen-bond acceptors (Lipinski definition) is 3. The van der Waals surface area contributed by atoms with Crippen LogP contribution in [0.5, 0.6) is 0 Å². The van der Waals surface area contributed by atoms with E-state index in [9.17, 15) is 9.59 Å². The lowest BCUT2D eigenvalue weighted by molar-refractivity contribution is -0.139. The van der Waals surface area contributed by atoms with E-state index in [2.05, 4.69) is 4.90 Å². The summed E-state index contributed by atoms with van der Waals surface area (Å²) in [4.78, 5) is 23.3. The van der Waals surface area contributed by atoms with Crippen LogP contribution in [-0.4, -0.2) is 46.2 Å². The van der Waals surface area contributed by atoms with Crippen LogP contribution in [-0.2, 0) is 9.59 Å². The summed E-state index contributed by atoms with van der Waals surface area (Å²) >= 11 is 0. The molecule has 0 radical (unpaired) electrons. The monoisotopic (exact) mass is 257 g/mol. The van der Waals surface area contributed by atoms with Gasteiger partial charge in [-0.05, 0) is 25.8 Å². The van der Waals surface area contributed by atoms with Crippen molar-refractivity contribution in [3.8, 4) is 0 Å². The molecule has 1 rings (SSSR count). The molecule has 5 heteroatoms. The molecule has 104 valence electrons. The molecule has 0 heterocycles. The summed E-state index contributed by atoms with van der Waals surface area (Å²) in [5.41, 5.74) is 0. The van der Waals surface area contributed by atoms with Crippen LogP contribution >= 0.6 is 0 Å². The fourth-order valence-corrected chi connectivity index (χ4v) is 2.60. The number of hydrogen-bond donors (Lipinski definition) is 2. The van der Waals surface area contributed by atoms with Crippen molar-refractivity contribution in [2.45, 2.75) is 57.4 Å². The van der Waals surface area contributed by atoms with Crippen molar-refractivity contribution in [3.05, 3.63) is 0 Å². The molecule has 18 heavy (non-hydrogen) atoms. The molecule has 0 unspecified atom stereocenters. The van der Waals surface area contributed by atoms with Gasteiger partial charge < -0.3 is 10.2 Å². The van der Waals surface area contributed by atoms with Crippen molar-refractivity contribution in [3.63, 3.8) is 0 Å². The highest BCUT2D eigenvalue weighted by atomic mass is 16.4. The molecular weight excluding hydrogens is 234 g/mol. The second-order valence-electron chi connectivity index (χ2n) is 4.97. The van der Waals surface area contributed by atoms with Crippen molar-refractivity contribution in [2.24, 2.45) is 0 Å². The molecular formula is C13H23NO4. The highest BCUT2D eigenvalue weighted by Gasteiger charge is 2.21. The van der Waals surface area contributed by atoms with Gasteiger partial charge in [0.2, 0.25) is 0 Å². The summed E-state index contributed by atoms with van der Waals surface area (Å²) in [6, 6.07) is 0.451. The molecule has 1 aliphatic carbocycles. The third-order valence-electron chi connectivity index (χ3n) is 3.54. The quantitative estimate of drug-likeness (QED) is 0.695. The maximum absolute atomic E-state index is 10.6. The molecule has 0 aromatic heterocycles. The topological polar surface area (TPSA) is 77.8 Å². The smallest absolute Gasteiger partial charge is 0.304 e. The average molecular weight is 257 g/mol.